The van der Waals surface area contributed by atoms with Crippen LogP contribution in [-0.4, -0.2) is 11.1 Å². The van der Waals surface area contributed by atoms with Gasteiger partial charge in [-0.15, -0.1) is 0 Å². The molecule has 0 fully saturated rings. The number of carbonyl (C=O) groups is 1. The second-order valence-corrected chi connectivity index (χ2v) is 5.60. The molecular weight excluding hydrogens is 236 g/mol. The molecule has 0 heterocycles. The highest BCUT2D eigenvalue weighted by Gasteiger charge is 2.11. The van der Waals surface area contributed by atoms with Crippen molar-refractivity contribution in [3.63, 3.8) is 0 Å². The molecule has 0 aliphatic rings. The van der Waals surface area contributed by atoms with E-state index in [9.17, 15) is 4.79 Å². The van der Waals surface area contributed by atoms with Gasteiger partial charge in [-0.25, -0.2) is 0 Å². The molecule has 108 valence electrons. The summed E-state index contributed by atoms with van der Waals surface area (Å²) in [6.07, 6.45) is 9.13. The normalized spacial score (nSPS) is 12.9. The van der Waals surface area contributed by atoms with Crippen molar-refractivity contribution < 1.29 is 9.90 Å². The first kappa shape index (κ1) is 17.7. The molecule has 2 nitrogen and oxygen atoms in total. The average molecular weight is 264 g/mol. The lowest BCUT2D eigenvalue weighted by atomic mass is 9.98. The Hall–Kier alpha value is -1.31. The van der Waals surface area contributed by atoms with Crippen LogP contribution in [0.1, 0.15) is 59.8 Å². The molecule has 0 aliphatic carbocycles. The van der Waals surface area contributed by atoms with Gasteiger partial charge in [0.25, 0.3) is 0 Å². The van der Waals surface area contributed by atoms with Crippen LogP contribution in [0.5, 0.6) is 0 Å². The number of aliphatic carboxylic acids is 1. The summed E-state index contributed by atoms with van der Waals surface area (Å²) in [5, 5.41) is 8.83. The second-order valence-electron chi connectivity index (χ2n) is 5.60. The van der Waals surface area contributed by atoms with Crippen molar-refractivity contribution >= 4 is 5.97 Å². The number of hydrogen-bond acceptors (Lipinski definition) is 1. The van der Waals surface area contributed by atoms with Gasteiger partial charge >= 0.3 is 5.97 Å². The summed E-state index contributed by atoms with van der Waals surface area (Å²) >= 11 is 0. The predicted molar refractivity (Wildman–Crippen MR) is 82.2 cm³/mol. The Balaban J connectivity index is 3.90. The van der Waals surface area contributed by atoms with E-state index in [-0.39, 0.29) is 5.92 Å². The van der Waals surface area contributed by atoms with Gasteiger partial charge in [0.15, 0.2) is 0 Å². The fourth-order valence-corrected chi connectivity index (χ4v) is 1.84. The van der Waals surface area contributed by atoms with Crippen LogP contribution in [0, 0.1) is 5.92 Å². The molecule has 0 amide bonds. The molecule has 0 radical (unpaired) electrons. The van der Waals surface area contributed by atoms with Gasteiger partial charge in [-0.1, -0.05) is 42.4 Å². The zero-order chi connectivity index (χ0) is 14.8. The minimum Gasteiger partial charge on any atom is -0.481 e. The third-order valence-electron chi connectivity index (χ3n) is 3.10. The largest absolute Gasteiger partial charge is 0.481 e. The Kier molecular flexibility index (Phi) is 8.94. The molecule has 19 heavy (non-hydrogen) atoms. The van der Waals surface area contributed by atoms with E-state index in [1.54, 1.807) is 6.92 Å². The van der Waals surface area contributed by atoms with Crippen LogP contribution in [0.4, 0.5) is 0 Å². The number of carboxylic acids is 1. The highest BCUT2D eigenvalue weighted by atomic mass is 16.4. The molecule has 0 saturated carbocycles. The Bertz CT molecular complexity index is 357. The quantitative estimate of drug-likeness (QED) is 0.586. The summed E-state index contributed by atoms with van der Waals surface area (Å²) in [7, 11) is 0. The summed E-state index contributed by atoms with van der Waals surface area (Å²) in [4.78, 5) is 10.7. The van der Waals surface area contributed by atoms with Gasteiger partial charge in [-0.05, 0) is 52.9 Å². The molecular formula is C17H28O2. The number of rotatable bonds is 9. The summed E-state index contributed by atoms with van der Waals surface area (Å²) < 4.78 is 0. The lowest BCUT2D eigenvalue weighted by Gasteiger charge is -2.08. The molecule has 0 rings (SSSR count). The molecule has 1 N–H and O–H groups in total. The van der Waals surface area contributed by atoms with Gasteiger partial charge in [-0.3, -0.25) is 4.79 Å². The van der Waals surface area contributed by atoms with E-state index in [0.717, 1.165) is 31.3 Å². The fourth-order valence-electron chi connectivity index (χ4n) is 1.84. The van der Waals surface area contributed by atoms with Crippen LogP contribution in [0.3, 0.4) is 0 Å². The Labute approximate surface area is 117 Å². The van der Waals surface area contributed by atoms with E-state index < -0.39 is 5.97 Å². The summed E-state index contributed by atoms with van der Waals surface area (Å²) in [5.41, 5.74) is 3.80. The van der Waals surface area contributed by atoms with Crippen LogP contribution in [0.25, 0.3) is 0 Å². The SMILES string of the molecule is C=C(CCC=C(C)CCC=C(C)C)CC(C)C(=O)O. The molecule has 0 saturated heterocycles. The van der Waals surface area contributed by atoms with Gasteiger partial charge < -0.3 is 5.11 Å². The maximum atomic E-state index is 10.7. The van der Waals surface area contributed by atoms with Gasteiger partial charge in [0.2, 0.25) is 0 Å². The minimum absolute atomic E-state index is 0.324. The van der Waals surface area contributed by atoms with Crippen molar-refractivity contribution in [2.75, 3.05) is 0 Å². The summed E-state index contributed by atoms with van der Waals surface area (Å²) in [6.45, 7) is 12.1. The van der Waals surface area contributed by atoms with Crippen molar-refractivity contribution in [2.24, 2.45) is 5.92 Å². The molecule has 0 aromatic rings. The Morgan fingerprint density at radius 3 is 2.26 bits per heavy atom. The average Bonchev–Trinajstić information content (AvgIpc) is 2.28. The molecule has 0 aliphatic heterocycles. The van der Waals surface area contributed by atoms with Crippen LogP contribution in [-0.2, 0) is 4.79 Å². The third kappa shape index (κ3) is 10.3. The molecule has 1 atom stereocenters. The predicted octanol–water partition coefficient (Wildman–Crippen LogP) is 5.13. The Morgan fingerprint density at radius 1 is 1.16 bits per heavy atom. The lowest BCUT2D eigenvalue weighted by molar-refractivity contribution is -0.141. The smallest absolute Gasteiger partial charge is 0.306 e. The summed E-state index contributed by atoms with van der Waals surface area (Å²) in [6, 6.07) is 0. The van der Waals surface area contributed by atoms with Crippen molar-refractivity contribution in [2.45, 2.75) is 59.8 Å². The number of carboxylic acid groups (broad SMARTS) is 1. The van der Waals surface area contributed by atoms with Crippen LogP contribution in [0.15, 0.2) is 35.5 Å². The third-order valence-corrected chi connectivity index (χ3v) is 3.10. The molecule has 1 unspecified atom stereocenters. The maximum Gasteiger partial charge on any atom is 0.306 e. The van der Waals surface area contributed by atoms with Crippen LogP contribution >= 0.6 is 0 Å². The van der Waals surface area contributed by atoms with Gasteiger partial charge in [0.05, 0.1) is 5.92 Å². The monoisotopic (exact) mass is 264 g/mol. The minimum atomic E-state index is -0.741. The number of allylic oxidation sites excluding steroid dienone is 5. The maximum absolute atomic E-state index is 10.7. The first-order chi connectivity index (χ1) is 8.82. The first-order valence-corrected chi connectivity index (χ1v) is 7.01. The molecule has 0 aromatic heterocycles. The van der Waals surface area contributed by atoms with E-state index >= 15 is 0 Å². The first-order valence-electron chi connectivity index (χ1n) is 7.01. The number of hydrogen-bond donors (Lipinski definition) is 1. The topological polar surface area (TPSA) is 37.3 Å². The summed E-state index contributed by atoms with van der Waals surface area (Å²) in [5.74, 6) is -1.06. The Morgan fingerprint density at radius 2 is 1.74 bits per heavy atom. The van der Waals surface area contributed by atoms with E-state index in [1.165, 1.54) is 11.1 Å². The fraction of sp³-hybridized carbons (Fsp3) is 0.588. The van der Waals surface area contributed by atoms with E-state index in [0.29, 0.717) is 6.42 Å². The lowest BCUT2D eigenvalue weighted by Crippen LogP contribution is -2.09. The van der Waals surface area contributed by atoms with Crippen molar-refractivity contribution in [3.8, 4) is 0 Å². The van der Waals surface area contributed by atoms with Crippen molar-refractivity contribution in [3.05, 3.63) is 35.5 Å². The zero-order valence-corrected chi connectivity index (χ0v) is 12.8. The highest BCUT2D eigenvalue weighted by molar-refractivity contribution is 5.69. The van der Waals surface area contributed by atoms with Gasteiger partial charge in [-0.2, -0.15) is 0 Å². The standard InChI is InChI=1S/C17H28O2/c1-13(2)8-6-9-14(3)10-7-11-15(4)12-16(5)17(18)19/h8,10,16H,4,6-7,9,11-12H2,1-3,5H3,(H,18,19). The van der Waals surface area contributed by atoms with Crippen LogP contribution < -0.4 is 0 Å². The molecule has 0 aromatic carbocycles. The van der Waals surface area contributed by atoms with E-state index in [2.05, 4.69) is 39.5 Å². The second kappa shape index (κ2) is 9.60. The molecule has 2 heteroatoms. The molecule has 0 bridgehead atoms. The van der Waals surface area contributed by atoms with Crippen LogP contribution in [0.2, 0.25) is 0 Å². The van der Waals surface area contributed by atoms with Gasteiger partial charge in [0.1, 0.15) is 0 Å². The van der Waals surface area contributed by atoms with E-state index in [1.807, 2.05) is 0 Å². The van der Waals surface area contributed by atoms with Crippen molar-refractivity contribution in [1.82, 2.24) is 0 Å². The zero-order valence-electron chi connectivity index (χ0n) is 12.8. The highest BCUT2D eigenvalue weighted by Crippen LogP contribution is 2.16. The molecule has 0 spiro atoms. The van der Waals surface area contributed by atoms with Gasteiger partial charge in [0, 0.05) is 0 Å². The van der Waals surface area contributed by atoms with Crippen molar-refractivity contribution in [1.29, 1.82) is 0 Å². The van der Waals surface area contributed by atoms with E-state index in [4.69, 9.17) is 5.11 Å².